The van der Waals surface area contributed by atoms with Crippen molar-refractivity contribution in [2.45, 2.75) is 6.92 Å². The van der Waals surface area contributed by atoms with Gasteiger partial charge in [-0.25, -0.2) is 4.98 Å². The lowest BCUT2D eigenvalue weighted by atomic mass is 10.1. The molecule has 2 rings (SSSR count). The maximum atomic E-state index is 11.9. The number of carbonyl (C=O) groups excluding carboxylic acids is 2. The Bertz CT molecular complexity index is 657. The molecule has 0 aliphatic rings. The first-order chi connectivity index (χ1) is 8.99. The lowest BCUT2D eigenvalue weighted by Gasteiger charge is -1.96. The third-order valence-electron chi connectivity index (χ3n) is 2.40. The number of rotatable bonds is 4. The van der Waals surface area contributed by atoms with E-state index in [0.717, 1.165) is 6.26 Å². The number of hydrogen-bond donors (Lipinski definition) is 0. The zero-order chi connectivity index (χ0) is 14.0. The molecule has 96 valence electrons. The van der Waals surface area contributed by atoms with Gasteiger partial charge in [-0.2, -0.15) is 0 Å². The average molecular weight is 260 g/mol. The minimum absolute atomic E-state index is 0.0604. The molecule has 1 heterocycles. The van der Waals surface area contributed by atoms with E-state index in [0.29, 0.717) is 0 Å². The summed E-state index contributed by atoms with van der Waals surface area (Å²) in [7, 11) is 0. The number of nitrogens with zero attached hydrogens (tertiary/aromatic N) is 2. The van der Waals surface area contributed by atoms with Crippen LogP contribution in [0.1, 0.15) is 33.7 Å². The topological polar surface area (TPSA) is 103 Å². The summed E-state index contributed by atoms with van der Waals surface area (Å²) in [5, 5.41) is 10.5. The fourth-order valence-electron chi connectivity index (χ4n) is 1.40. The molecule has 0 N–H and O–H groups in total. The Morgan fingerprint density at radius 1 is 1.26 bits per heavy atom. The van der Waals surface area contributed by atoms with Gasteiger partial charge in [0.25, 0.3) is 11.6 Å². The number of Topliss-reactive ketones (excluding diaryl/α,β-unsaturated/α-hetero) is 1. The van der Waals surface area contributed by atoms with Gasteiger partial charge in [0.05, 0.1) is 4.92 Å². The second kappa shape index (κ2) is 4.81. The van der Waals surface area contributed by atoms with Crippen LogP contribution in [0.15, 0.2) is 34.9 Å². The van der Waals surface area contributed by atoms with E-state index < -0.39 is 10.7 Å². The second-order valence-electron chi connectivity index (χ2n) is 3.73. The maximum Gasteiger partial charge on any atom is 0.269 e. The normalized spacial score (nSPS) is 10.2. The smallest absolute Gasteiger partial charge is 0.269 e. The van der Waals surface area contributed by atoms with Crippen molar-refractivity contribution in [3.05, 3.63) is 57.8 Å². The quantitative estimate of drug-likeness (QED) is 0.473. The Morgan fingerprint density at radius 3 is 2.37 bits per heavy atom. The summed E-state index contributed by atoms with van der Waals surface area (Å²) >= 11 is 0. The fraction of sp³-hybridized carbons (Fsp3) is 0.0833. The zero-order valence-corrected chi connectivity index (χ0v) is 9.82. The molecule has 0 atom stereocenters. The number of nitro groups is 1. The molecule has 7 nitrogen and oxygen atoms in total. The highest BCUT2D eigenvalue weighted by Crippen LogP contribution is 2.15. The van der Waals surface area contributed by atoms with E-state index in [2.05, 4.69) is 4.98 Å². The third kappa shape index (κ3) is 2.54. The Balaban J connectivity index is 2.27. The summed E-state index contributed by atoms with van der Waals surface area (Å²) in [6.07, 6.45) is 1.10. The van der Waals surface area contributed by atoms with E-state index in [1.54, 1.807) is 0 Å². The van der Waals surface area contributed by atoms with Crippen LogP contribution in [0.3, 0.4) is 0 Å². The summed E-state index contributed by atoms with van der Waals surface area (Å²) in [5.74, 6) is -1.08. The molecule has 2 aromatic rings. The van der Waals surface area contributed by atoms with Crippen LogP contribution >= 0.6 is 0 Å². The van der Waals surface area contributed by atoms with Crippen molar-refractivity contribution in [2.75, 3.05) is 0 Å². The summed E-state index contributed by atoms with van der Waals surface area (Å²) in [4.78, 5) is 36.6. The van der Waals surface area contributed by atoms with Crippen LogP contribution in [0.4, 0.5) is 5.69 Å². The van der Waals surface area contributed by atoms with Crippen LogP contribution in [0, 0.1) is 10.1 Å². The molecule has 0 bridgehead atoms. The summed E-state index contributed by atoms with van der Waals surface area (Å²) in [5.41, 5.74) is 0.140. The van der Waals surface area contributed by atoms with E-state index in [4.69, 9.17) is 4.42 Å². The van der Waals surface area contributed by atoms with Crippen molar-refractivity contribution in [1.29, 1.82) is 0 Å². The molecule has 1 aromatic heterocycles. The highest BCUT2D eigenvalue weighted by Gasteiger charge is 2.18. The molecule has 19 heavy (non-hydrogen) atoms. The van der Waals surface area contributed by atoms with Crippen LogP contribution in [0.25, 0.3) is 0 Å². The number of ketones is 2. The first-order valence-corrected chi connectivity index (χ1v) is 5.24. The van der Waals surface area contributed by atoms with Crippen molar-refractivity contribution in [3.63, 3.8) is 0 Å². The minimum Gasteiger partial charge on any atom is -0.441 e. The predicted octanol–water partition coefficient (Wildman–Crippen LogP) is 2.02. The van der Waals surface area contributed by atoms with Crippen LogP contribution < -0.4 is 0 Å². The monoisotopic (exact) mass is 260 g/mol. The maximum absolute atomic E-state index is 11.9. The van der Waals surface area contributed by atoms with Crippen LogP contribution in [-0.2, 0) is 0 Å². The van der Waals surface area contributed by atoms with E-state index in [9.17, 15) is 19.7 Å². The lowest BCUT2D eigenvalue weighted by molar-refractivity contribution is -0.384. The van der Waals surface area contributed by atoms with Gasteiger partial charge in [0, 0.05) is 24.6 Å². The van der Waals surface area contributed by atoms with Gasteiger partial charge in [-0.3, -0.25) is 19.7 Å². The minimum atomic E-state index is -0.562. The van der Waals surface area contributed by atoms with E-state index in [-0.39, 0.29) is 28.6 Å². The first kappa shape index (κ1) is 12.6. The number of hydrogen-bond acceptors (Lipinski definition) is 6. The Hall–Kier alpha value is -2.83. The molecule has 0 saturated heterocycles. The van der Waals surface area contributed by atoms with Gasteiger partial charge in [-0.05, 0) is 12.1 Å². The van der Waals surface area contributed by atoms with Crippen molar-refractivity contribution >= 4 is 17.3 Å². The van der Waals surface area contributed by atoms with Gasteiger partial charge in [-0.1, -0.05) is 0 Å². The molecular weight excluding hydrogens is 252 g/mol. The highest BCUT2D eigenvalue weighted by molar-refractivity contribution is 6.06. The predicted molar refractivity (Wildman–Crippen MR) is 63.0 cm³/mol. The SMILES string of the molecule is CC(=O)c1coc(C(=O)c2ccc([N+](=O)[O-])cc2)n1. The lowest BCUT2D eigenvalue weighted by Crippen LogP contribution is -2.03. The van der Waals surface area contributed by atoms with E-state index in [1.807, 2.05) is 0 Å². The van der Waals surface area contributed by atoms with E-state index >= 15 is 0 Å². The van der Waals surface area contributed by atoms with Crippen LogP contribution in [0.5, 0.6) is 0 Å². The number of nitro benzene ring substituents is 1. The second-order valence-corrected chi connectivity index (χ2v) is 3.73. The molecule has 0 aliphatic heterocycles. The molecule has 0 saturated carbocycles. The van der Waals surface area contributed by atoms with Crippen molar-refractivity contribution < 1.29 is 18.9 Å². The van der Waals surface area contributed by atoms with Crippen molar-refractivity contribution in [2.24, 2.45) is 0 Å². The molecular formula is C12H8N2O5. The summed E-state index contributed by atoms with van der Waals surface area (Å²) in [6, 6.07) is 5.03. The number of oxazole rings is 1. The summed E-state index contributed by atoms with van der Waals surface area (Å²) in [6.45, 7) is 1.30. The molecule has 0 spiro atoms. The van der Waals surface area contributed by atoms with Gasteiger partial charge in [0.1, 0.15) is 12.0 Å². The molecule has 0 amide bonds. The zero-order valence-electron chi connectivity index (χ0n) is 9.82. The highest BCUT2D eigenvalue weighted by atomic mass is 16.6. The molecule has 0 aliphatic carbocycles. The Kier molecular flexibility index (Phi) is 3.19. The standard InChI is InChI=1S/C12H8N2O5/c1-7(15)10-6-19-12(13-10)11(16)8-2-4-9(5-3-8)14(17)18/h2-6H,1H3. The summed E-state index contributed by atoms with van der Waals surface area (Å²) < 4.78 is 4.90. The molecule has 0 radical (unpaired) electrons. The van der Waals surface area contributed by atoms with Gasteiger partial charge in [0.2, 0.25) is 5.78 Å². The Morgan fingerprint density at radius 2 is 1.89 bits per heavy atom. The third-order valence-corrected chi connectivity index (χ3v) is 2.40. The average Bonchev–Trinajstić information content (AvgIpc) is 2.87. The Labute approximate surface area is 107 Å². The van der Waals surface area contributed by atoms with Gasteiger partial charge in [-0.15, -0.1) is 0 Å². The fourth-order valence-corrected chi connectivity index (χ4v) is 1.40. The van der Waals surface area contributed by atoms with Crippen LogP contribution in [-0.4, -0.2) is 21.5 Å². The number of benzene rings is 1. The molecule has 0 unspecified atom stereocenters. The van der Waals surface area contributed by atoms with Gasteiger partial charge in [0.15, 0.2) is 5.78 Å². The first-order valence-electron chi connectivity index (χ1n) is 5.24. The van der Waals surface area contributed by atoms with Crippen molar-refractivity contribution in [1.82, 2.24) is 4.98 Å². The largest absolute Gasteiger partial charge is 0.441 e. The molecule has 0 fully saturated rings. The number of aromatic nitrogens is 1. The number of carbonyl (C=O) groups is 2. The number of non-ortho nitro benzene ring substituents is 1. The van der Waals surface area contributed by atoms with Gasteiger partial charge >= 0.3 is 0 Å². The van der Waals surface area contributed by atoms with Crippen molar-refractivity contribution in [3.8, 4) is 0 Å². The molecule has 7 heteroatoms. The van der Waals surface area contributed by atoms with Gasteiger partial charge < -0.3 is 4.42 Å². The van der Waals surface area contributed by atoms with Crippen LogP contribution in [0.2, 0.25) is 0 Å². The van der Waals surface area contributed by atoms with E-state index in [1.165, 1.54) is 31.2 Å². The molecule has 1 aromatic carbocycles.